The molecule has 192 valence electrons. The minimum absolute atomic E-state index is 0.432. The molecule has 1 rings (SSSR count). The summed E-state index contributed by atoms with van der Waals surface area (Å²) >= 11 is 1.34. The second-order valence-electron chi connectivity index (χ2n) is 8.89. The Morgan fingerprint density at radius 2 is 1.09 bits per heavy atom. The lowest BCUT2D eigenvalue weighted by Crippen LogP contribution is -2.10. The number of carboxylic acids is 2. The number of unbranched alkanes of at least 4 members (excludes halogenated alkanes) is 15. The van der Waals surface area contributed by atoms with Gasteiger partial charge in [0, 0.05) is 4.90 Å². The highest BCUT2D eigenvalue weighted by Crippen LogP contribution is 2.31. The molecule has 1 aromatic carbocycles. The van der Waals surface area contributed by atoms with E-state index in [1.54, 1.807) is 0 Å². The van der Waals surface area contributed by atoms with Crippen LogP contribution >= 0.6 is 11.8 Å². The van der Waals surface area contributed by atoms with Gasteiger partial charge in [-0.15, -0.1) is 11.8 Å². The maximum atomic E-state index is 11.4. The molecule has 0 saturated carbocycles. The first-order valence-electron chi connectivity index (χ1n) is 12.8. The van der Waals surface area contributed by atoms with E-state index in [2.05, 4.69) is 6.92 Å². The summed E-state index contributed by atoms with van der Waals surface area (Å²) in [5, 5.41) is 29.7. The van der Waals surface area contributed by atoms with Crippen LogP contribution in [0.2, 0.25) is 0 Å². The number of hydrogen-bond acceptors (Lipinski definition) is 5. The van der Waals surface area contributed by atoms with Crippen molar-refractivity contribution in [3.8, 4) is 0 Å². The van der Waals surface area contributed by atoms with Crippen LogP contribution in [0.5, 0.6) is 0 Å². The maximum absolute atomic E-state index is 11.4. The molecule has 0 aliphatic carbocycles. The Hall–Kier alpha value is -2.09. The number of hydrogen-bond donors (Lipinski definition) is 2. The fraction of sp³-hybridized carbons (Fsp3) is 0.692. The molecule has 1 aromatic rings. The lowest BCUT2D eigenvalue weighted by atomic mass is 10.0. The molecular formula is C26H41NO6S. The summed E-state index contributed by atoms with van der Waals surface area (Å²) in [7, 11) is 0. The summed E-state index contributed by atoms with van der Waals surface area (Å²) in [6.45, 7) is 2.25. The number of benzene rings is 1. The molecular weight excluding hydrogens is 454 g/mol. The van der Waals surface area contributed by atoms with E-state index in [0.717, 1.165) is 19.3 Å². The predicted octanol–water partition coefficient (Wildman–Crippen LogP) is 8.34. The maximum Gasteiger partial charge on any atom is 0.342 e. The smallest absolute Gasteiger partial charge is 0.342 e. The molecule has 0 amide bonds. The van der Waals surface area contributed by atoms with E-state index in [1.165, 1.54) is 107 Å². The minimum atomic E-state index is -1.50. The first-order chi connectivity index (χ1) is 16.4. The molecule has 0 unspecified atom stereocenters. The van der Waals surface area contributed by atoms with Gasteiger partial charge in [-0.3, -0.25) is 10.1 Å². The van der Waals surface area contributed by atoms with E-state index in [9.17, 15) is 29.9 Å². The topological polar surface area (TPSA) is 118 Å². The molecule has 0 saturated heterocycles. The summed E-state index contributed by atoms with van der Waals surface area (Å²) in [6, 6.07) is 2.40. The summed E-state index contributed by atoms with van der Waals surface area (Å²) in [4.78, 5) is 33.4. The average Bonchev–Trinajstić information content (AvgIpc) is 2.80. The first kappa shape index (κ1) is 29.9. The van der Waals surface area contributed by atoms with E-state index in [1.807, 2.05) is 0 Å². The molecule has 0 fully saturated rings. The highest BCUT2D eigenvalue weighted by molar-refractivity contribution is 7.99. The summed E-state index contributed by atoms with van der Waals surface area (Å²) in [6.07, 6.45) is 20.6. The van der Waals surface area contributed by atoms with Gasteiger partial charge >= 0.3 is 11.9 Å². The van der Waals surface area contributed by atoms with Crippen molar-refractivity contribution in [1.29, 1.82) is 0 Å². The molecule has 0 spiro atoms. The lowest BCUT2D eigenvalue weighted by Gasteiger charge is -2.07. The average molecular weight is 496 g/mol. The molecule has 0 radical (unpaired) electrons. The number of thioether (sulfide) groups is 1. The molecule has 7 nitrogen and oxygen atoms in total. The Balaban J connectivity index is 2.15. The van der Waals surface area contributed by atoms with Crippen LogP contribution in [0.15, 0.2) is 17.0 Å². The zero-order chi connectivity index (χ0) is 25.2. The molecule has 0 aromatic heterocycles. The molecule has 8 heteroatoms. The monoisotopic (exact) mass is 495 g/mol. The van der Waals surface area contributed by atoms with E-state index < -0.39 is 33.7 Å². The van der Waals surface area contributed by atoms with Crippen molar-refractivity contribution < 1.29 is 24.7 Å². The van der Waals surface area contributed by atoms with Crippen LogP contribution in [0.4, 0.5) is 5.69 Å². The van der Waals surface area contributed by atoms with Crippen LogP contribution < -0.4 is 0 Å². The number of nitro benzene ring substituents is 1. The van der Waals surface area contributed by atoms with Crippen molar-refractivity contribution in [2.24, 2.45) is 0 Å². The fourth-order valence-corrected chi connectivity index (χ4v) is 5.04. The quantitative estimate of drug-likeness (QED) is 0.0761. The zero-order valence-corrected chi connectivity index (χ0v) is 21.4. The summed E-state index contributed by atoms with van der Waals surface area (Å²) < 4.78 is 0. The highest BCUT2D eigenvalue weighted by Gasteiger charge is 2.29. The Morgan fingerprint density at radius 1 is 0.735 bits per heavy atom. The number of rotatable bonds is 21. The van der Waals surface area contributed by atoms with Crippen molar-refractivity contribution in [2.45, 2.75) is 115 Å². The SMILES string of the molecule is CCCCCCCCCCCCCCCCCCSc1cc(C(=O)O)c([N+](=O)[O-])c(C(=O)O)c1. The Labute approximate surface area is 207 Å². The van der Waals surface area contributed by atoms with Gasteiger partial charge in [0.1, 0.15) is 11.1 Å². The predicted molar refractivity (Wildman–Crippen MR) is 137 cm³/mol. The van der Waals surface area contributed by atoms with Crippen molar-refractivity contribution in [2.75, 3.05) is 5.75 Å². The molecule has 0 aliphatic heterocycles. The van der Waals surface area contributed by atoms with Gasteiger partial charge < -0.3 is 10.2 Å². The fourth-order valence-electron chi connectivity index (χ4n) is 4.05. The number of nitrogens with zero attached hydrogens (tertiary/aromatic N) is 1. The van der Waals surface area contributed by atoms with Gasteiger partial charge in [-0.1, -0.05) is 103 Å². The van der Waals surface area contributed by atoms with Crippen molar-refractivity contribution in [3.05, 3.63) is 33.4 Å². The van der Waals surface area contributed by atoms with Crippen molar-refractivity contribution >= 4 is 29.4 Å². The van der Waals surface area contributed by atoms with Crippen LogP contribution in [-0.2, 0) is 0 Å². The first-order valence-corrected chi connectivity index (χ1v) is 13.8. The van der Waals surface area contributed by atoms with Crippen LogP contribution in [0.25, 0.3) is 0 Å². The number of aromatic carboxylic acids is 2. The number of carboxylic acid groups (broad SMARTS) is 2. The molecule has 0 aliphatic rings. The van der Waals surface area contributed by atoms with Crippen LogP contribution in [0.1, 0.15) is 130 Å². The van der Waals surface area contributed by atoms with Gasteiger partial charge in [0.2, 0.25) is 0 Å². The van der Waals surface area contributed by atoms with Gasteiger partial charge in [-0.2, -0.15) is 0 Å². The van der Waals surface area contributed by atoms with E-state index in [0.29, 0.717) is 10.6 Å². The largest absolute Gasteiger partial charge is 0.477 e. The number of carbonyl (C=O) groups is 2. The van der Waals surface area contributed by atoms with E-state index in [4.69, 9.17) is 0 Å². The molecule has 0 bridgehead atoms. The molecule has 34 heavy (non-hydrogen) atoms. The zero-order valence-electron chi connectivity index (χ0n) is 20.6. The van der Waals surface area contributed by atoms with Crippen molar-refractivity contribution in [1.82, 2.24) is 0 Å². The Kier molecular flexibility index (Phi) is 16.1. The summed E-state index contributed by atoms with van der Waals surface area (Å²) in [5.41, 5.74) is -2.04. The second kappa shape index (κ2) is 18.3. The minimum Gasteiger partial charge on any atom is -0.477 e. The normalized spacial score (nSPS) is 11.0. The third-order valence-electron chi connectivity index (χ3n) is 5.99. The van der Waals surface area contributed by atoms with E-state index in [-0.39, 0.29) is 0 Å². The third-order valence-corrected chi connectivity index (χ3v) is 7.06. The van der Waals surface area contributed by atoms with Gasteiger partial charge in [0.05, 0.1) is 4.92 Å². The van der Waals surface area contributed by atoms with Crippen LogP contribution in [0.3, 0.4) is 0 Å². The van der Waals surface area contributed by atoms with Gasteiger partial charge in [-0.05, 0) is 24.3 Å². The molecule has 0 heterocycles. The molecule has 2 N–H and O–H groups in total. The third kappa shape index (κ3) is 12.4. The molecule has 0 atom stereocenters. The summed E-state index contributed by atoms with van der Waals surface area (Å²) in [5.74, 6) is -2.29. The Morgan fingerprint density at radius 3 is 1.41 bits per heavy atom. The van der Waals surface area contributed by atoms with Gasteiger partial charge in [0.15, 0.2) is 0 Å². The highest BCUT2D eigenvalue weighted by atomic mass is 32.2. The second-order valence-corrected chi connectivity index (χ2v) is 10.1. The van der Waals surface area contributed by atoms with Crippen LogP contribution in [0, 0.1) is 10.1 Å². The lowest BCUT2D eigenvalue weighted by molar-refractivity contribution is -0.385. The number of nitro groups is 1. The van der Waals surface area contributed by atoms with Gasteiger partial charge in [0.25, 0.3) is 5.69 Å². The van der Waals surface area contributed by atoms with Crippen LogP contribution in [-0.4, -0.2) is 32.8 Å². The Bertz CT molecular complexity index is 733. The standard InChI is InChI=1S/C26H41NO6S/c1-2-3-4-5-6-7-8-9-10-11-12-13-14-15-16-17-18-34-21-19-22(25(28)29)24(27(32)33)23(20-21)26(30)31/h19-20H,2-18H2,1H3,(H,28,29)(H,30,31). The van der Waals surface area contributed by atoms with Gasteiger partial charge in [-0.25, -0.2) is 9.59 Å². The van der Waals surface area contributed by atoms with Crippen molar-refractivity contribution in [3.63, 3.8) is 0 Å². The van der Waals surface area contributed by atoms with E-state index >= 15 is 0 Å².